The van der Waals surface area contributed by atoms with E-state index in [1.165, 1.54) is 7.05 Å². The van der Waals surface area contributed by atoms with Gasteiger partial charge in [-0.25, -0.2) is 0 Å². The van der Waals surface area contributed by atoms with Gasteiger partial charge in [0, 0.05) is 7.05 Å². The lowest BCUT2D eigenvalue weighted by Crippen LogP contribution is -2.24. The van der Waals surface area contributed by atoms with Gasteiger partial charge in [-0.3, -0.25) is 14.5 Å². The van der Waals surface area contributed by atoms with Gasteiger partial charge in [-0.05, 0) is 22.9 Å². The van der Waals surface area contributed by atoms with E-state index in [1.54, 1.807) is 12.1 Å². The Labute approximate surface area is 106 Å². The van der Waals surface area contributed by atoms with Gasteiger partial charge >= 0.3 is 0 Å². The van der Waals surface area contributed by atoms with Crippen LogP contribution in [0, 0.1) is 0 Å². The van der Waals surface area contributed by atoms with Gasteiger partial charge in [0.2, 0.25) is 0 Å². The number of imide groups is 1. The molecule has 92 valence electrons. The number of amides is 2. The van der Waals surface area contributed by atoms with E-state index in [-0.39, 0.29) is 11.8 Å². The Bertz CT molecular complexity index is 577. The molecule has 3 rings (SSSR count). The summed E-state index contributed by atoms with van der Waals surface area (Å²) in [5.74, 6) is -0.434. The summed E-state index contributed by atoms with van der Waals surface area (Å²) in [6, 6.07) is 11.3. The predicted molar refractivity (Wildman–Crippen MR) is 71.7 cm³/mol. The first-order chi connectivity index (χ1) is 8.68. The van der Waals surface area contributed by atoms with Crippen LogP contribution in [0.25, 0.3) is 10.8 Å². The molecule has 3 heteroatoms. The lowest BCUT2D eigenvalue weighted by atomic mass is 10.0. The number of nitrogens with zero attached hydrogens (tertiary/aromatic N) is 1. The third-order valence-electron chi connectivity index (χ3n) is 2.96. The average molecular weight is 241 g/mol. The van der Waals surface area contributed by atoms with Crippen molar-refractivity contribution in [3.05, 3.63) is 47.5 Å². The average Bonchev–Trinajstić information content (AvgIpc) is 2.64. The number of fused-ring (bicyclic) bond motifs is 2. The van der Waals surface area contributed by atoms with Gasteiger partial charge in [0.05, 0.1) is 11.1 Å². The Morgan fingerprint density at radius 1 is 0.833 bits per heavy atom. The topological polar surface area (TPSA) is 37.4 Å². The summed E-state index contributed by atoms with van der Waals surface area (Å²) >= 11 is 0. The van der Waals surface area contributed by atoms with E-state index in [1.807, 2.05) is 38.1 Å². The number of hydrogen-bond acceptors (Lipinski definition) is 2. The molecule has 0 fully saturated rings. The summed E-state index contributed by atoms with van der Waals surface area (Å²) in [7, 11) is 1.51. The third-order valence-corrected chi connectivity index (χ3v) is 2.96. The van der Waals surface area contributed by atoms with E-state index in [2.05, 4.69) is 0 Å². The molecule has 0 bridgehead atoms. The van der Waals surface area contributed by atoms with Gasteiger partial charge in [0.15, 0.2) is 0 Å². The molecule has 0 atom stereocenters. The molecular weight excluding hydrogens is 226 g/mol. The normalized spacial score (nSPS) is 13.4. The van der Waals surface area contributed by atoms with Crippen LogP contribution in [0.15, 0.2) is 36.4 Å². The van der Waals surface area contributed by atoms with E-state index in [0.717, 1.165) is 15.7 Å². The van der Waals surface area contributed by atoms with E-state index in [0.29, 0.717) is 11.1 Å². The second-order valence-electron chi connectivity index (χ2n) is 3.91. The summed E-state index contributed by atoms with van der Waals surface area (Å²) in [6.07, 6.45) is 0. The molecule has 0 radical (unpaired) electrons. The van der Waals surface area contributed by atoms with Gasteiger partial charge in [0.1, 0.15) is 0 Å². The lowest BCUT2D eigenvalue weighted by Gasteiger charge is -2.02. The van der Waals surface area contributed by atoms with Crippen molar-refractivity contribution in [1.29, 1.82) is 0 Å². The van der Waals surface area contributed by atoms with Crippen molar-refractivity contribution < 1.29 is 9.59 Å². The fourth-order valence-corrected chi connectivity index (χ4v) is 2.05. The van der Waals surface area contributed by atoms with Crippen molar-refractivity contribution in [2.75, 3.05) is 7.05 Å². The Hall–Kier alpha value is -2.16. The first-order valence-corrected chi connectivity index (χ1v) is 6.03. The molecule has 2 amide bonds. The first kappa shape index (κ1) is 12.3. The number of carbonyl (C=O) groups excluding carboxylic acids is 2. The van der Waals surface area contributed by atoms with Gasteiger partial charge < -0.3 is 0 Å². The number of hydrogen-bond donors (Lipinski definition) is 0. The molecule has 2 aromatic carbocycles. The zero-order chi connectivity index (χ0) is 13.3. The quantitative estimate of drug-likeness (QED) is 0.665. The standard InChI is InChI=1S/C13H9NO2.C2H6/c1-14-12(15)10-6-8-4-2-3-5-9(8)7-11(10)13(14)16;1-2/h2-7H,1H3;1-2H3. The van der Waals surface area contributed by atoms with Crippen LogP contribution in [-0.2, 0) is 0 Å². The monoisotopic (exact) mass is 241 g/mol. The largest absolute Gasteiger partial charge is 0.277 e. The van der Waals surface area contributed by atoms with Crippen molar-refractivity contribution in [3.8, 4) is 0 Å². The van der Waals surface area contributed by atoms with E-state index < -0.39 is 0 Å². The molecule has 1 aliphatic rings. The summed E-state index contributed by atoms with van der Waals surface area (Å²) < 4.78 is 0. The molecule has 1 heterocycles. The van der Waals surface area contributed by atoms with Crippen LogP contribution in [0.2, 0.25) is 0 Å². The Balaban J connectivity index is 0.000000574. The molecular formula is C15H15NO2. The minimum Gasteiger partial charge on any atom is -0.277 e. The Morgan fingerprint density at radius 2 is 1.22 bits per heavy atom. The Morgan fingerprint density at radius 3 is 1.61 bits per heavy atom. The van der Waals surface area contributed by atoms with Crippen LogP contribution in [0.5, 0.6) is 0 Å². The van der Waals surface area contributed by atoms with E-state index in [9.17, 15) is 9.59 Å². The molecule has 0 aliphatic carbocycles. The van der Waals surface area contributed by atoms with Crippen molar-refractivity contribution in [3.63, 3.8) is 0 Å². The summed E-state index contributed by atoms with van der Waals surface area (Å²) in [5.41, 5.74) is 1.01. The maximum atomic E-state index is 11.8. The molecule has 1 aliphatic heterocycles. The molecule has 0 spiro atoms. The second kappa shape index (κ2) is 4.61. The number of benzene rings is 2. The highest BCUT2D eigenvalue weighted by Gasteiger charge is 2.32. The molecule has 0 unspecified atom stereocenters. The predicted octanol–water partition coefficient (Wildman–Crippen LogP) is 3.09. The molecule has 0 aromatic heterocycles. The highest BCUT2D eigenvalue weighted by atomic mass is 16.2. The van der Waals surface area contributed by atoms with Crippen LogP contribution >= 0.6 is 0 Å². The molecule has 0 saturated heterocycles. The maximum Gasteiger partial charge on any atom is 0.261 e. The molecule has 18 heavy (non-hydrogen) atoms. The fourth-order valence-electron chi connectivity index (χ4n) is 2.05. The zero-order valence-corrected chi connectivity index (χ0v) is 10.7. The van der Waals surface area contributed by atoms with Crippen LogP contribution in [0.4, 0.5) is 0 Å². The summed E-state index contributed by atoms with van der Waals surface area (Å²) in [5, 5.41) is 1.97. The maximum absolute atomic E-state index is 11.8. The number of rotatable bonds is 0. The molecule has 3 nitrogen and oxygen atoms in total. The first-order valence-electron chi connectivity index (χ1n) is 6.03. The highest BCUT2D eigenvalue weighted by Crippen LogP contribution is 2.26. The van der Waals surface area contributed by atoms with Crippen molar-refractivity contribution >= 4 is 22.6 Å². The number of carbonyl (C=O) groups is 2. The van der Waals surface area contributed by atoms with Crippen LogP contribution < -0.4 is 0 Å². The van der Waals surface area contributed by atoms with E-state index >= 15 is 0 Å². The molecule has 2 aromatic rings. The van der Waals surface area contributed by atoms with Crippen molar-refractivity contribution in [2.24, 2.45) is 0 Å². The molecule has 0 saturated carbocycles. The van der Waals surface area contributed by atoms with Gasteiger partial charge in [-0.1, -0.05) is 38.1 Å². The minimum atomic E-state index is -0.217. The van der Waals surface area contributed by atoms with Gasteiger partial charge in [-0.2, -0.15) is 0 Å². The highest BCUT2D eigenvalue weighted by molar-refractivity contribution is 6.22. The third kappa shape index (κ3) is 1.68. The minimum absolute atomic E-state index is 0.217. The van der Waals surface area contributed by atoms with Gasteiger partial charge in [0.25, 0.3) is 11.8 Å². The zero-order valence-electron chi connectivity index (χ0n) is 10.7. The smallest absolute Gasteiger partial charge is 0.261 e. The lowest BCUT2D eigenvalue weighted by molar-refractivity contribution is 0.0693. The van der Waals surface area contributed by atoms with Crippen molar-refractivity contribution in [1.82, 2.24) is 4.90 Å². The van der Waals surface area contributed by atoms with Crippen LogP contribution in [-0.4, -0.2) is 23.8 Å². The van der Waals surface area contributed by atoms with E-state index in [4.69, 9.17) is 0 Å². The SMILES string of the molecule is CC.CN1C(=O)c2cc3ccccc3cc2C1=O. The summed E-state index contributed by atoms with van der Waals surface area (Å²) in [6.45, 7) is 4.00. The second-order valence-corrected chi connectivity index (χ2v) is 3.91. The van der Waals surface area contributed by atoms with Crippen LogP contribution in [0.1, 0.15) is 34.6 Å². The fraction of sp³-hybridized carbons (Fsp3) is 0.200. The van der Waals surface area contributed by atoms with Gasteiger partial charge in [-0.15, -0.1) is 0 Å². The van der Waals surface area contributed by atoms with Crippen LogP contribution in [0.3, 0.4) is 0 Å². The molecule has 0 N–H and O–H groups in total. The Kier molecular flexibility index (Phi) is 3.15. The van der Waals surface area contributed by atoms with Crippen molar-refractivity contribution in [2.45, 2.75) is 13.8 Å². The summed E-state index contributed by atoms with van der Waals surface area (Å²) in [4.78, 5) is 24.7.